The van der Waals surface area contributed by atoms with E-state index in [2.05, 4.69) is 0 Å². The van der Waals surface area contributed by atoms with Crippen LogP contribution >= 0.6 is 0 Å². The summed E-state index contributed by atoms with van der Waals surface area (Å²) in [5.74, 6) is -1.15. The summed E-state index contributed by atoms with van der Waals surface area (Å²) in [6.45, 7) is 0. The van der Waals surface area contributed by atoms with Gasteiger partial charge in [-0.3, -0.25) is 9.59 Å². The Morgan fingerprint density at radius 3 is 1.88 bits per heavy atom. The van der Waals surface area contributed by atoms with Gasteiger partial charge in [0.1, 0.15) is 6.04 Å². The Hall–Kier alpha value is -0.740. The molecule has 0 aromatic heterocycles. The fourth-order valence-electron chi connectivity index (χ4n) is 0.524. The third-order valence-corrected chi connectivity index (χ3v) is 1.15. The minimum Gasteiger partial charge on any atom is -0.377 e. The van der Waals surface area contributed by atoms with Gasteiger partial charge in [0.15, 0.2) is 17.7 Å². The maximum absolute atomic E-state index is 10.2. The van der Waals surface area contributed by atoms with Crippen LogP contribution in [0.3, 0.4) is 0 Å². The molecule has 0 aliphatic heterocycles. The van der Waals surface area contributed by atoms with Crippen LogP contribution in [0.25, 0.3) is 0 Å². The van der Waals surface area contributed by atoms with Crippen molar-refractivity contribution in [1.29, 1.82) is 0 Å². The van der Waals surface area contributed by atoms with Crippen LogP contribution in [0.2, 0.25) is 0 Å². The molecule has 0 unspecified atom stereocenters. The van der Waals surface area contributed by atoms with Crippen LogP contribution in [0.4, 0.5) is 0 Å². The highest BCUT2D eigenvalue weighted by Crippen LogP contribution is 2.07. The summed E-state index contributed by atoms with van der Waals surface area (Å²) >= 11 is 0. The van der Waals surface area contributed by atoms with Crippen LogP contribution in [0.1, 0.15) is 0 Å². The van der Waals surface area contributed by atoms with Crippen LogP contribution in [0, 0.1) is 0 Å². The number of hydrogen-bond acceptors (Lipinski definition) is 4. The lowest BCUT2D eigenvalue weighted by Crippen LogP contribution is -2.61. The molecule has 1 aliphatic rings. The second-order valence-electron chi connectivity index (χ2n) is 1.68. The summed E-state index contributed by atoms with van der Waals surface area (Å²) in [7, 11) is 0. The lowest BCUT2D eigenvalue weighted by atomic mass is 9.87. The van der Waals surface area contributed by atoms with Crippen molar-refractivity contribution in [3.05, 3.63) is 0 Å². The van der Waals surface area contributed by atoms with E-state index in [1.54, 1.807) is 0 Å². The largest absolute Gasteiger partial charge is 0.377 e. The van der Waals surface area contributed by atoms with Gasteiger partial charge in [-0.15, -0.1) is 0 Å². The minimum atomic E-state index is -1.43. The van der Waals surface area contributed by atoms with Crippen molar-refractivity contribution >= 4 is 11.6 Å². The SMILES string of the molecule is NC1C(=O)C(O)C1=O. The smallest absolute Gasteiger partial charge is 0.193 e. The van der Waals surface area contributed by atoms with Gasteiger partial charge >= 0.3 is 0 Å². The molecule has 1 fully saturated rings. The molecule has 1 rings (SSSR count). The molecule has 4 heteroatoms. The van der Waals surface area contributed by atoms with Gasteiger partial charge in [0.2, 0.25) is 0 Å². The first-order chi connectivity index (χ1) is 3.64. The zero-order valence-corrected chi connectivity index (χ0v) is 4.00. The summed E-state index contributed by atoms with van der Waals surface area (Å²) < 4.78 is 0. The molecule has 0 radical (unpaired) electrons. The van der Waals surface area contributed by atoms with Gasteiger partial charge < -0.3 is 10.8 Å². The highest BCUT2D eigenvalue weighted by atomic mass is 16.3. The van der Waals surface area contributed by atoms with E-state index in [0.29, 0.717) is 0 Å². The Labute approximate surface area is 45.3 Å². The van der Waals surface area contributed by atoms with Crippen LogP contribution < -0.4 is 5.73 Å². The van der Waals surface area contributed by atoms with Crippen molar-refractivity contribution in [2.24, 2.45) is 5.73 Å². The van der Waals surface area contributed by atoms with Crippen molar-refractivity contribution in [2.75, 3.05) is 0 Å². The quantitative estimate of drug-likeness (QED) is 0.352. The molecule has 0 spiro atoms. The van der Waals surface area contributed by atoms with Crippen molar-refractivity contribution in [3.8, 4) is 0 Å². The molecular weight excluding hydrogens is 110 g/mol. The Morgan fingerprint density at radius 1 is 1.38 bits per heavy atom. The fraction of sp³-hybridized carbons (Fsp3) is 0.500. The van der Waals surface area contributed by atoms with Crippen molar-refractivity contribution in [1.82, 2.24) is 0 Å². The van der Waals surface area contributed by atoms with Crippen molar-refractivity contribution in [3.63, 3.8) is 0 Å². The number of nitrogens with two attached hydrogens (primary N) is 1. The number of Topliss-reactive ketones (excluding diaryl/α,β-unsaturated/α-hetero) is 2. The number of aliphatic hydroxyl groups excluding tert-OH is 1. The van der Waals surface area contributed by atoms with E-state index < -0.39 is 23.7 Å². The molecule has 0 aromatic carbocycles. The van der Waals surface area contributed by atoms with Crippen molar-refractivity contribution in [2.45, 2.75) is 12.1 Å². The molecule has 44 valence electrons. The normalized spacial score (nSPS) is 37.2. The molecule has 8 heavy (non-hydrogen) atoms. The van der Waals surface area contributed by atoms with E-state index in [9.17, 15) is 9.59 Å². The number of carbonyl (C=O) groups excluding carboxylic acids is 2. The van der Waals surface area contributed by atoms with Gasteiger partial charge in [0, 0.05) is 0 Å². The molecule has 0 aromatic rings. The predicted molar refractivity (Wildman–Crippen MR) is 24.0 cm³/mol. The Bertz CT molecular complexity index is 123. The average molecular weight is 115 g/mol. The van der Waals surface area contributed by atoms with E-state index in [1.165, 1.54) is 0 Å². The fourth-order valence-corrected chi connectivity index (χ4v) is 0.524. The van der Waals surface area contributed by atoms with Gasteiger partial charge in [-0.1, -0.05) is 0 Å². The Kier molecular flexibility index (Phi) is 0.922. The Morgan fingerprint density at radius 2 is 1.75 bits per heavy atom. The molecule has 1 saturated carbocycles. The number of ketones is 2. The Balaban J connectivity index is 2.68. The summed E-state index contributed by atoms with van der Waals surface area (Å²) in [5, 5.41) is 8.38. The molecule has 0 amide bonds. The minimum absolute atomic E-state index is 0.574. The maximum atomic E-state index is 10.2. The molecule has 1 aliphatic carbocycles. The van der Waals surface area contributed by atoms with Crippen LogP contribution in [-0.2, 0) is 9.59 Å². The molecule has 4 nitrogen and oxygen atoms in total. The summed E-state index contributed by atoms with van der Waals surface area (Å²) in [6.07, 6.45) is -1.43. The van der Waals surface area contributed by atoms with Crippen LogP contribution in [-0.4, -0.2) is 28.8 Å². The topological polar surface area (TPSA) is 80.4 Å². The zero-order valence-electron chi connectivity index (χ0n) is 4.00. The second kappa shape index (κ2) is 1.37. The van der Waals surface area contributed by atoms with Gasteiger partial charge in [0.05, 0.1) is 0 Å². The standard InChI is InChI=1S/C4H5NO3/c5-1-2(6)4(8)3(1)7/h1,4,8H,5H2. The van der Waals surface area contributed by atoms with Crippen LogP contribution in [0.15, 0.2) is 0 Å². The maximum Gasteiger partial charge on any atom is 0.193 e. The third kappa shape index (κ3) is 0.410. The van der Waals surface area contributed by atoms with Gasteiger partial charge in [0.25, 0.3) is 0 Å². The first kappa shape index (κ1) is 5.40. The van der Waals surface area contributed by atoms with Gasteiger partial charge in [-0.05, 0) is 0 Å². The van der Waals surface area contributed by atoms with Crippen molar-refractivity contribution < 1.29 is 14.7 Å². The first-order valence-corrected chi connectivity index (χ1v) is 2.15. The molecule has 0 saturated heterocycles. The van der Waals surface area contributed by atoms with Gasteiger partial charge in [-0.2, -0.15) is 0 Å². The highest BCUT2D eigenvalue weighted by Gasteiger charge is 2.45. The molecule has 0 bridgehead atoms. The van der Waals surface area contributed by atoms with Gasteiger partial charge in [-0.25, -0.2) is 0 Å². The number of rotatable bonds is 0. The number of aliphatic hydroxyl groups is 1. The summed E-state index contributed by atoms with van der Waals surface area (Å²) in [5.41, 5.74) is 4.90. The van der Waals surface area contributed by atoms with E-state index >= 15 is 0 Å². The molecule has 3 N–H and O–H groups in total. The predicted octanol–water partition coefficient (Wildman–Crippen LogP) is -2.17. The molecule has 0 heterocycles. The zero-order chi connectivity index (χ0) is 6.31. The summed E-state index contributed by atoms with van der Waals surface area (Å²) in [6, 6.07) is -1.05. The molecular formula is C4H5NO3. The second-order valence-corrected chi connectivity index (χ2v) is 1.68. The van der Waals surface area contributed by atoms with E-state index in [-0.39, 0.29) is 0 Å². The monoisotopic (exact) mass is 115 g/mol. The summed E-state index contributed by atoms with van der Waals surface area (Å²) in [4.78, 5) is 20.4. The van der Waals surface area contributed by atoms with E-state index in [0.717, 1.165) is 0 Å². The average Bonchev–Trinajstić information content (AvgIpc) is 1.83. The number of carbonyl (C=O) groups is 2. The lowest BCUT2D eigenvalue weighted by molar-refractivity contribution is -0.152. The molecule has 0 atom stereocenters. The highest BCUT2D eigenvalue weighted by molar-refractivity contribution is 6.29. The van der Waals surface area contributed by atoms with Crippen LogP contribution in [0.5, 0.6) is 0 Å². The first-order valence-electron chi connectivity index (χ1n) is 2.15. The van der Waals surface area contributed by atoms with E-state index in [4.69, 9.17) is 10.8 Å². The number of hydrogen-bond donors (Lipinski definition) is 2. The third-order valence-electron chi connectivity index (χ3n) is 1.15. The van der Waals surface area contributed by atoms with E-state index in [1.807, 2.05) is 0 Å². The lowest BCUT2D eigenvalue weighted by Gasteiger charge is -2.23.